The second kappa shape index (κ2) is 9.14. The number of rotatable bonds is 4. The number of imide groups is 1. The molecule has 0 saturated carbocycles. The van der Waals surface area contributed by atoms with Gasteiger partial charge in [0.05, 0.1) is 18.2 Å². The van der Waals surface area contributed by atoms with Crippen LogP contribution in [0.3, 0.4) is 0 Å². The third-order valence-corrected chi connectivity index (χ3v) is 5.94. The largest absolute Gasteiger partial charge is 0.444 e. The Hall–Kier alpha value is -2.72. The van der Waals surface area contributed by atoms with Gasteiger partial charge in [0, 0.05) is 0 Å². The molecule has 1 aromatic rings. The third kappa shape index (κ3) is 4.88. The van der Waals surface area contributed by atoms with E-state index in [4.69, 9.17) is 14.2 Å². The van der Waals surface area contributed by atoms with E-state index >= 15 is 4.39 Å². The van der Waals surface area contributed by atoms with E-state index in [9.17, 15) is 19.5 Å². The molecule has 0 spiro atoms. The van der Waals surface area contributed by atoms with Crippen molar-refractivity contribution in [1.82, 2.24) is 9.80 Å². The van der Waals surface area contributed by atoms with Gasteiger partial charge in [-0.05, 0) is 54.0 Å². The number of alkyl halides is 1. The standard InChI is InChI=1S/C24H33FN2O7/c1-13-19(15-11-9-8-10-12-15)32-21(30)26(13)20(29)16(25)18(28)17-14(2)33-24(6,7)27(17)22(31)34-23(3,4)5/h8-14,16-19,28H,1-7H3/t13-,14+,16-,17-,18-,19-/m0/s1. The molecule has 0 unspecified atom stereocenters. The molecule has 188 valence electrons. The van der Waals surface area contributed by atoms with Gasteiger partial charge in [-0.25, -0.2) is 18.9 Å². The highest BCUT2D eigenvalue weighted by atomic mass is 19.1. The first kappa shape index (κ1) is 25.9. The molecule has 0 aliphatic carbocycles. The van der Waals surface area contributed by atoms with Gasteiger partial charge >= 0.3 is 12.2 Å². The number of halogens is 1. The fourth-order valence-corrected chi connectivity index (χ4v) is 4.53. The molecular weight excluding hydrogens is 447 g/mol. The number of aliphatic hydroxyl groups excluding tert-OH is 1. The van der Waals surface area contributed by atoms with E-state index in [2.05, 4.69) is 0 Å². The van der Waals surface area contributed by atoms with Crippen molar-refractivity contribution in [1.29, 1.82) is 0 Å². The van der Waals surface area contributed by atoms with Crippen LogP contribution >= 0.6 is 0 Å². The minimum Gasteiger partial charge on any atom is -0.444 e. The first-order valence-electron chi connectivity index (χ1n) is 11.3. The number of amides is 3. The lowest BCUT2D eigenvalue weighted by atomic mass is 9.98. The molecule has 2 aliphatic rings. The predicted octanol–water partition coefficient (Wildman–Crippen LogP) is 3.55. The van der Waals surface area contributed by atoms with Gasteiger partial charge in [0.15, 0.2) is 0 Å². The summed E-state index contributed by atoms with van der Waals surface area (Å²) >= 11 is 0. The third-order valence-electron chi connectivity index (χ3n) is 5.94. The summed E-state index contributed by atoms with van der Waals surface area (Å²) in [6.07, 6.45) is -7.90. The monoisotopic (exact) mass is 480 g/mol. The second-order valence-corrected chi connectivity index (χ2v) is 10.2. The van der Waals surface area contributed by atoms with Crippen LogP contribution < -0.4 is 0 Å². The molecule has 1 aromatic carbocycles. The fourth-order valence-electron chi connectivity index (χ4n) is 4.53. The van der Waals surface area contributed by atoms with Crippen LogP contribution in [-0.2, 0) is 19.0 Å². The molecule has 1 N–H and O–H groups in total. The summed E-state index contributed by atoms with van der Waals surface area (Å²) in [7, 11) is 0. The van der Waals surface area contributed by atoms with Gasteiger partial charge in [-0.15, -0.1) is 0 Å². The average molecular weight is 481 g/mol. The maximum Gasteiger partial charge on any atom is 0.417 e. The van der Waals surface area contributed by atoms with Crippen LogP contribution in [0.25, 0.3) is 0 Å². The van der Waals surface area contributed by atoms with Gasteiger partial charge in [0.2, 0.25) is 6.17 Å². The van der Waals surface area contributed by atoms with E-state index in [0.717, 1.165) is 4.90 Å². The first-order valence-corrected chi connectivity index (χ1v) is 11.3. The smallest absolute Gasteiger partial charge is 0.417 e. The van der Waals surface area contributed by atoms with Gasteiger partial charge in [-0.2, -0.15) is 0 Å². The van der Waals surface area contributed by atoms with Crippen LogP contribution in [0.1, 0.15) is 60.1 Å². The first-order chi connectivity index (χ1) is 15.7. The van der Waals surface area contributed by atoms with E-state index in [1.807, 2.05) is 0 Å². The van der Waals surface area contributed by atoms with Crippen LogP contribution in [0.4, 0.5) is 14.0 Å². The number of cyclic esters (lactones) is 1. The van der Waals surface area contributed by atoms with Crippen LogP contribution in [0.5, 0.6) is 0 Å². The summed E-state index contributed by atoms with van der Waals surface area (Å²) in [6, 6.07) is 6.76. The molecule has 34 heavy (non-hydrogen) atoms. The minimum atomic E-state index is -2.51. The van der Waals surface area contributed by atoms with Crippen molar-refractivity contribution in [2.45, 2.75) is 96.4 Å². The molecule has 3 amide bonds. The Morgan fingerprint density at radius 1 is 1.18 bits per heavy atom. The van der Waals surface area contributed by atoms with Crippen molar-refractivity contribution < 1.29 is 38.1 Å². The molecular formula is C24H33FN2O7. The molecule has 0 aromatic heterocycles. The van der Waals surface area contributed by atoms with Crippen molar-refractivity contribution >= 4 is 18.1 Å². The number of hydrogen-bond donors (Lipinski definition) is 1. The van der Waals surface area contributed by atoms with E-state index in [-0.39, 0.29) is 0 Å². The number of ether oxygens (including phenoxy) is 3. The minimum absolute atomic E-state index is 0.658. The molecule has 0 bridgehead atoms. The lowest BCUT2D eigenvalue weighted by Crippen LogP contribution is -2.58. The Balaban J connectivity index is 1.82. The maximum absolute atomic E-state index is 15.5. The molecule has 6 atom stereocenters. The maximum atomic E-state index is 15.5. The highest BCUT2D eigenvalue weighted by Crippen LogP contribution is 2.38. The number of carbonyl (C=O) groups is 3. The van der Waals surface area contributed by atoms with Gasteiger partial charge in [0.1, 0.15) is 23.5 Å². The van der Waals surface area contributed by atoms with E-state index < -0.39 is 66.0 Å². The van der Waals surface area contributed by atoms with Crippen LogP contribution in [0.15, 0.2) is 30.3 Å². The van der Waals surface area contributed by atoms with Crippen molar-refractivity contribution in [2.24, 2.45) is 0 Å². The number of aliphatic hydroxyl groups is 1. The number of hydrogen-bond acceptors (Lipinski definition) is 7. The molecule has 3 rings (SSSR count). The summed E-state index contributed by atoms with van der Waals surface area (Å²) in [5.74, 6) is -1.25. The lowest BCUT2D eigenvalue weighted by Gasteiger charge is -2.37. The number of carbonyl (C=O) groups excluding carboxylic acids is 3. The van der Waals surface area contributed by atoms with Gasteiger partial charge in [-0.1, -0.05) is 30.3 Å². The van der Waals surface area contributed by atoms with E-state index in [0.29, 0.717) is 10.5 Å². The Morgan fingerprint density at radius 3 is 2.32 bits per heavy atom. The van der Waals surface area contributed by atoms with E-state index in [1.54, 1.807) is 78.8 Å². The highest BCUT2D eigenvalue weighted by Gasteiger charge is 2.56. The Labute approximate surface area is 198 Å². The number of nitrogens with zero attached hydrogens (tertiary/aromatic N) is 2. The normalized spacial score (nSPS) is 28.4. The molecule has 2 saturated heterocycles. The van der Waals surface area contributed by atoms with Crippen LogP contribution in [-0.4, -0.2) is 74.8 Å². The summed E-state index contributed by atoms with van der Waals surface area (Å²) < 4.78 is 32.0. The molecule has 2 aliphatic heterocycles. The van der Waals surface area contributed by atoms with Crippen molar-refractivity contribution in [3.8, 4) is 0 Å². The van der Waals surface area contributed by atoms with Gasteiger partial charge in [0.25, 0.3) is 5.91 Å². The lowest BCUT2D eigenvalue weighted by molar-refractivity contribution is -0.141. The zero-order chi connectivity index (χ0) is 25.6. The van der Waals surface area contributed by atoms with Crippen molar-refractivity contribution in [3.05, 3.63) is 35.9 Å². The zero-order valence-corrected chi connectivity index (χ0v) is 20.5. The predicted molar refractivity (Wildman–Crippen MR) is 119 cm³/mol. The summed E-state index contributed by atoms with van der Waals surface area (Å²) in [5.41, 5.74) is -1.42. The zero-order valence-electron chi connectivity index (χ0n) is 20.5. The van der Waals surface area contributed by atoms with Crippen LogP contribution in [0, 0.1) is 0 Å². The molecule has 9 nitrogen and oxygen atoms in total. The Bertz CT molecular complexity index is 933. The average Bonchev–Trinajstić information content (AvgIpc) is 3.16. The SMILES string of the molecule is C[C@H]1OC(C)(C)N(C(=O)OC(C)(C)C)[C@@H]1[C@@H](O)[C@H](F)C(=O)N1C(=O)O[C@H](c2ccccc2)[C@@H]1C. The van der Waals surface area contributed by atoms with Crippen molar-refractivity contribution in [3.63, 3.8) is 0 Å². The summed E-state index contributed by atoms with van der Waals surface area (Å²) in [6.45, 7) is 11.3. The molecule has 2 fully saturated rings. The topological polar surface area (TPSA) is 106 Å². The molecule has 0 radical (unpaired) electrons. The van der Waals surface area contributed by atoms with Crippen LogP contribution in [0.2, 0.25) is 0 Å². The quantitative estimate of drug-likeness (QED) is 0.702. The fraction of sp³-hybridized carbons (Fsp3) is 0.625. The Morgan fingerprint density at radius 2 is 1.76 bits per heavy atom. The number of benzene rings is 1. The van der Waals surface area contributed by atoms with Crippen molar-refractivity contribution in [2.75, 3.05) is 0 Å². The summed E-state index contributed by atoms with van der Waals surface area (Å²) in [5, 5.41) is 10.9. The van der Waals surface area contributed by atoms with Gasteiger partial charge in [-0.3, -0.25) is 9.69 Å². The van der Waals surface area contributed by atoms with Gasteiger partial charge < -0.3 is 19.3 Å². The molecule has 10 heteroatoms. The highest BCUT2D eigenvalue weighted by molar-refractivity contribution is 5.96. The Kier molecular flexibility index (Phi) is 6.96. The molecule has 2 heterocycles. The summed E-state index contributed by atoms with van der Waals surface area (Å²) in [4.78, 5) is 40.2. The second-order valence-electron chi connectivity index (χ2n) is 10.2. The van der Waals surface area contributed by atoms with E-state index in [1.165, 1.54) is 0 Å².